The Labute approximate surface area is 273 Å². The van der Waals surface area contributed by atoms with E-state index in [1.165, 1.54) is 49.3 Å². The molecule has 0 saturated heterocycles. The zero-order chi connectivity index (χ0) is 30.9. The maximum atomic E-state index is 6.73. The van der Waals surface area contributed by atoms with E-state index in [-0.39, 0.29) is 6.71 Å². The van der Waals surface area contributed by atoms with Crippen LogP contribution in [0.15, 0.2) is 164 Å². The van der Waals surface area contributed by atoms with Gasteiger partial charge in [0.25, 0.3) is 6.71 Å². The summed E-state index contributed by atoms with van der Waals surface area (Å²) in [6.45, 7) is 0.0509. The van der Waals surface area contributed by atoms with Crippen molar-refractivity contribution < 1.29 is 9.47 Å². The van der Waals surface area contributed by atoms with Gasteiger partial charge in [0.15, 0.2) is 0 Å². The fourth-order valence-corrected chi connectivity index (χ4v) is 7.80. The maximum absolute atomic E-state index is 6.73. The summed E-state index contributed by atoms with van der Waals surface area (Å²) in [4.78, 5) is 0. The first-order valence-corrected chi connectivity index (χ1v) is 16.1. The Hall–Kier alpha value is -6.06. The van der Waals surface area contributed by atoms with E-state index in [1.807, 2.05) is 18.2 Å². The molecule has 0 atom stereocenters. The molecule has 0 unspecified atom stereocenters. The van der Waals surface area contributed by atoms with Gasteiger partial charge >= 0.3 is 0 Å². The summed E-state index contributed by atoms with van der Waals surface area (Å²) in [6.07, 6.45) is 0. The van der Waals surface area contributed by atoms with Crippen LogP contribution in [-0.4, -0.2) is 6.71 Å². The Morgan fingerprint density at radius 3 is 1.51 bits per heavy atom. The molecule has 2 aliphatic rings. The summed E-state index contributed by atoms with van der Waals surface area (Å²) in [7, 11) is 0. The average molecular weight is 599 g/mol. The summed E-state index contributed by atoms with van der Waals surface area (Å²) < 4.78 is 13.1. The Kier molecular flexibility index (Phi) is 5.70. The molecule has 2 heterocycles. The van der Waals surface area contributed by atoms with Crippen molar-refractivity contribution in [2.24, 2.45) is 0 Å². The van der Waals surface area contributed by atoms with Gasteiger partial charge in [0, 0.05) is 11.0 Å². The van der Waals surface area contributed by atoms with E-state index in [0.29, 0.717) is 0 Å². The summed E-state index contributed by atoms with van der Waals surface area (Å²) in [5, 5.41) is 5.03. The first kappa shape index (κ1) is 26.2. The molecule has 0 aromatic heterocycles. The van der Waals surface area contributed by atoms with Gasteiger partial charge in [0.1, 0.15) is 23.0 Å². The Morgan fingerprint density at radius 1 is 0.340 bits per heavy atom. The molecule has 218 valence electrons. The summed E-state index contributed by atoms with van der Waals surface area (Å²) >= 11 is 0. The molecule has 0 radical (unpaired) electrons. The fourth-order valence-electron chi connectivity index (χ4n) is 7.80. The number of fused-ring (bicyclic) bond motifs is 6. The quantitative estimate of drug-likeness (QED) is 0.149. The number of ether oxygens (including phenoxy) is 2. The van der Waals surface area contributed by atoms with Crippen LogP contribution in [0.5, 0.6) is 23.0 Å². The summed E-state index contributed by atoms with van der Waals surface area (Å²) in [5.41, 5.74) is 10.6. The van der Waals surface area contributed by atoms with Crippen molar-refractivity contribution in [2.75, 3.05) is 0 Å². The van der Waals surface area contributed by atoms with Gasteiger partial charge in [-0.05, 0) is 78.5 Å². The first-order chi connectivity index (χ1) is 23.3. The van der Waals surface area contributed by atoms with Crippen LogP contribution in [0.4, 0.5) is 0 Å². The van der Waals surface area contributed by atoms with Crippen LogP contribution in [0.3, 0.4) is 0 Å². The van der Waals surface area contributed by atoms with Gasteiger partial charge in [0.2, 0.25) is 0 Å². The second-order valence-corrected chi connectivity index (χ2v) is 12.4. The van der Waals surface area contributed by atoms with E-state index < -0.39 is 0 Å². The highest BCUT2D eigenvalue weighted by Crippen LogP contribution is 2.44. The van der Waals surface area contributed by atoms with Crippen molar-refractivity contribution in [3.63, 3.8) is 0 Å². The van der Waals surface area contributed by atoms with Gasteiger partial charge in [-0.15, -0.1) is 0 Å². The lowest BCUT2D eigenvalue weighted by Crippen LogP contribution is -2.57. The lowest BCUT2D eigenvalue weighted by molar-refractivity contribution is 0.465. The second kappa shape index (κ2) is 10.2. The third-order valence-corrected chi connectivity index (χ3v) is 9.81. The second-order valence-electron chi connectivity index (χ2n) is 12.4. The normalized spacial score (nSPS) is 12.6. The summed E-state index contributed by atoms with van der Waals surface area (Å²) in [5.74, 6) is 3.54. The van der Waals surface area contributed by atoms with Crippen LogP contribution < -0.4 is 25.9 Å². The van der Waals surface area contributed by atoms with E-state index in [1.54, 1.807) is 0 Å². The van der Waals surface area contributed by atoms with Crippen LogP contribution in [-0.2, 0) is 0 Å². The highest BCUT2D eigenvalue weighted by Gasteiger charge is 2.40. The fraction of sp³-hybridized carbons (Fsp3) is 0. The van der Waals surface area contributed by atoms with Gasteiger partial charge in [-0.2, -0.15) is 0 Å². The van der Waals surface area contributed by atoms with Crippen LogP contribution in [0, 0.1) is 0 Å². The van der Waals surface area contributed by atoms with Crippen LogP contribution in [0.2, 0.25) is 0 Å². The number of benzene rings is 8. The zero-order valence-corrected chi connectivity index (χ0v) is 25.5. The predicted octanol–water partition coefficient (Wildman–Crippen LogP) is 9.72. The number of para-hydroxylation sites is 2. The molecule has 0 spiro atoms. The van der Waals surface area contributed by atoms with Crippen LogP contribution >= 0.6 is 0 Å². The average Bonchev–Trinajstić information content (AvgIpc) is 3.14. The Balaban J connectivity index is 1.13. The van der Waals surface area contributed by atoms with Crippen molar-refractivity contribution >= 4 is 44.6 Å². The number of hydrogen-bond donors (Lipinski definition) is 0. The SMILES string of the molecule is c1ccc(-c2c3ccccc3c(-c3ccc(-c4cccc5c4Oc4cccc6c4B5c4ccccc4O6)cc3)c3ccccc23)cc1. The van der Waals surface area contributed by atoms with Crippen LogP contribution in [0.25, 0.3) is 54.9 Å². The lowest BCUT2D eigenvalue weighted by Gasteiger charge is -2.33. The minimum atomic E-state index is 0.0509. The molecule has 0 bridgehead atoms. The minimum absolute atomic E-state index is 0.0509. The number of rotatable bonds is 3. The molecular weight excluding hydrogens is 571 g/mol. The molecule has 8 aromatic carbocycles. The van der Waals surface area contributed by atoms with Crippen molar-refractivity contribution in [2.45, 2.75) is 0 Å². The molecule has 0 saturated carbocycles. The molecule has 0 amide bonds. The predicted molar refractivity (Wildman–Crippen MR) is 195 cm³/mol. The molecule has 3 heteroatoms. The van der Waals surface area contributed by atoms with Gasteiger partial charge < -0.3 is 9.47 Å². The number of hydrogen-bond acceptors (Lipinski definition) is 2. The zero-order valence-electron chi connectivity index (χ0n) is 25.5. The highest BCUT2D eigenvalue weighted by atomic mass is 16.5. The molecular formula is C44H27BO2. The largest absolute Gasteiger partial charge is 0.458 e. The van der Waals surface area contributed by atoms with Crippen molar-refractivity contribution in [3.8, 4) is 56.4 Å². The first-order valence-electron chi connectivity index (χ1n) is 16.1. The van der Waals surface area contributed by atoms with Crippen molar-refractivity contribution in [1.29, 1.82) is 0 Å². The van der Waals surface area contributed by atoms with E-state index >= 15 is 0 Å². The standard InChI is InChI=1S/C44H27BO2/c1-2-12-29(13-3-1)41-32-14-4-6-16-34(32)42(35-17-7-5-15-33(35)41)30-26-24-28(25-27-30)31-18-10-20-37-44(31)47-40-23-11-22-39-43(40)45(37)36-19-8-9-21-38(36)46-39/h1-27H. The van der Waals surface area contributed by atoms with Gasteiger partial charge in [-0.1, -0.05) is 146 Å². The molecule has 0 N–H and O–H groups in total. The molecule has 8 aromatic rings. The molecule has 0 aliphatic carbocycles. The van der Waals surface area contributed by atoms with Crippen LogP contribution in [0.1, 0.15) is 0 Å². The molecule has 0 fully saturated rings. The molecule has 10 rings (SSSR count). The third-order valence-electron chi connectivity index (χ3n) is 9.81. The third kappa shape index (κ3) is 3.93. The highest BCUT2D eigenvalue weighted by molar-refractivity contribution is 6.98. The monoisotopic (exact) mass is 598 g/mol. The van der Waals surface area contributed by atoms with Gasteiger partial charge in [-0.3, -0.25) is 0 Å². The molecule has 47 heavy (non-hydrogen) atoms. The van der Waals surface area contributed by atoms with E-state index in [4.69, 9.17) is 9.47 Å². The minimum Gasteiger partial charge on any atom is -0.458 e. The van der Waals surface area contributed by atoms with Crippen molar-refractivity contribution in [1.82, 2.24) is 0 Å². The van der Waals surface area contributed by atoms with Gasteiger partial charge in [0.05, 0.1) is 0 Å². The maximum Gasteiger partial charge on any atom is 0.260 e. The molecule has 2 aliphatic heterocycles. The molecule has 2 nitrogen and oxygen atoms in total. The topological polar surface area (TPSA) is 18.5 Å². The smallest absolute Gasteiger partial charge is 0.260 e. The van der Waals surface area contributed by atoms with Gasteiger partial charge in [-0.25, -0.2) is 0 Å². The van der Waals surface area contributed by atoms with E-state index in [0.717, 1.165) is 45.1 Å². The lowest BCUT2D eigenvalue weighted by atomic mass is 9.34. The van der Waals surface area contributed by atoms with E-state index in [2.05, 4.69) is 146 Å². The van der Waals surface area contributed by atoms with E-state index in [9.17, 15) is 0 Å². The Bertz CT molecular complexity index is 2460. The Morgan fingerprint density at radius 2 is 0.830 bits per heavy atom. The van der Waals surface area contributed by atoms with Crippen molar-refractivity contribution in [3.05, 3.63) is 164 Å². The summed E-state index contributed by atoms with van der Waals surface area (Å²) in [6, 6.07) is 58.4.